The van der Waals surface area contributed by atoms with Gasteiger partial charge in [0.2, 0.25) is 5.95 Å². The number of anilines is 2. The number of H-pyrrole nitrogens is 1. The van der Waals surface area contributed by atoms with Gasteiger partial charge in [0.25, 0.3) is 5.56 Å². The zero-order valence-electron chi connectivity index (χ0n) is 11.7. The number of hydrogen-bond donors (Lipinski definition) is 2. The van der Waals surface area contributed by atoms with E-state index in [9.17, 15) is 4.79 Å². The van der Waals surface area contributed by atoms with Crippen LogP contribution in [0.25, 0.3) is 0 Å². The molecule has 106 valence electrons. The lowest BCUT2D eigenvalue weighted by molar-refractivity contribution is 0.772. The van der Waals surface area contributed by atoms with E-state index < -0.39 is 0 Å². The van der Waals surface area contributed by atoms with Gasteiger partial charge in [-0.2, -0.15) is 0 Å². The SMILES string of the molecule is CCCCc1cc(=O)[nH]c(Nc2ccc(Cl)cc2C)n1. The van der Waals surface area contributed by atoms with Crippen LogP contribution in [0.2, 0.25) is 5.02 Å². The first kappa shape index (κ1) is 14.6. The minimum Gasteiger partial charge on any atom is -0.325 e. The van der Waals surface area contributed by atoms with Crippen molar-refractivity contribution >= 4 is 23.2 Å². The standard InChI is InChI=1S/C15H18ClN3O/c1-3-4-5-12-9-14(20)19-15(17-12)18-13-7-6-11(16)8-10(13)2/h6-9H,3-5H2,1-2H3,(H2,17,18,19,20). The molecule has 0 radical (unpaired) electrons. The molecule has 0 spiro atoms. The molecule has 2 rings (SSSR count). The van der Waals surface area contributed by atoms with E-state index in [2.05, 4.69) is 22.2 Å². The van der Waals surface area contributed by atoms with Gasteiger partial charge in [-0.1, -0.05) is 24.9 Å². The summed E-state index contributed by atoms with van der Waals surface area (Å²) >= 11 is 5.93. The van der Waals surface area contributed by atoms with E-state index in [1.807, 2.05) is 19.1 Å². The fraction of sp³-hybridized carbons (Fsp3) is 0.333. The van der Waals surface area contributed by atoms with E-state index in [0.29, 0.717) is 11.0 Å². The number of hydrogen-bond acceptors (Lipinski definition) is 3. The minimum absolute atomic E-state index is 0.139. The van der Waals surface area contributed by atoms with Crippen LogP contribution in [0.5, 0.6) is 0 Å². The topological polar surface area (TPSA) is 57.8 Å². The van der Waals surface area contributed by atoms with Gasteiger partial charge >= 0.3 is 0 Å². The summed E-state index contributed by atoms with van der Waals surface area (Å²) in [6, 6.07) is 7.09. The monoisotopic (exact) mass is 291 g/mol. The van der Waals surface area contributed by atoms with Gasteiger partial charge in [0.05, 0.1) is 0 Å². The van der Waals surface area contributed by atoms with Crippen molar-refractivity contribution in [2.45, 2.75) is 33.1 Å². The Morgan fingerprint density at radius 3 is 2.85 bits per heavy atom. The Bertz CT molecular complexity index is 652. The average Bonchev–Trinajstić information content (AvgIpc) is 2.39. The molecule has 20 heavy (non-hydrogen) atoms. The highest BCUT2D eigenvalue weighted by Crippen LogP contribution is 2.21. The van der Waals surface area contributed by atoms with Crippen LogP contribution in [0.4, 0.5) is 11.6 Å². The van der Waals surface area contributed by atoms with Crippen LogP contribution in [0.1, 0.15) is 31.0 Å². The highest BCUT2D eigenvalue weighted by Gasteiger charge is 2.04. The quantitative estimate of drug-likeness (QED) is 0.880. The van der Waals surface area contributed by atoms with Crippen molar-refractivity contribution < 1.29 is 0 Å². The smallest absolute Gasteiger partial charge is 0.252 e. The molecule has 0 saturated heterocycles. The van der Waals surface area contributed by atoms with Crippen LogP contribution in [-0.2, 0) is 6.42 Å². The normalized spacial score (nSPS) is 10.6. The number of aromatic nitrogens is 2. The third-order valence-electron chi connectivity index (χ3n) is 3.02. The molecule has 0 unspecified atom stereocenters. The first-order valence-corrected chi connectivity index (χ1v) is 7.09. The minimum atomic E-state index is -0.139. The van der Waals surface area contributed by atoms with Crippen molar-refractivity contribution in [1.29, 1.82) is 0 Å². The van der Waals surface area contributed by atoms with E-state index in [4.69, 9.17) is 11.6 Å². The fourth-order valence-electron chi connectivity index (χ4n) is 1.95. The highest BCUT2D eigenvalue weighted by atomic mass is 35.5. The number of halogens is 1. The Morgan fingerprint density at radius 1 is 1.35 bits per heavy atom. The van der Waals surface area contributed by atoms with Crippen molar-refractivity contribution in [3.8, 4) is 0 Å². The van der Waals surface area contributed by atoms with Crippen molar-refractivity contribution in [2.24, 2.45) is 0 Å². The fourth-order valence-corrected chi connectivity index (χ4v) is 2.17. The second-order valence-corrected chi connectivity index (χ2v) is 5.21. The lowest BCUT2D eigenvalue weighted by atomic mass is 10.2. The molecule has 0 aliphatic heterocycles. The van der Waals surface area contributed by atoms with Crippen molar-refractivity contribution in [1.82, 2.24) is 9.97 Å². The van der Waals surface area contributed by atoms with Crippen LogP contribution < -0.4 is 10.9 Å². The first-order valence-electron chi connectivity index (χ1n) is 6.72. The summed E-state index contributed by atoms with van der Waals surface area (Å²) < 4.78 is 0. The predicted octanol–water partition coefficient (Wildman–Crippen LogP) is 3.82. The van der Waals surface area contributed by atoms with E-state index in [1.165, 1.54) is 0 Å². The van der Waals surface area contributed by atoms with Crippen LogP contribution >= 0.6 is 11.6 Å². The van der Waals surface area contributed by atoms with Gasteiger partial charge < -0.3 is 5.32 Å². The summed E-state index contributed by atoms with van der Waals surface area (Å²) in [6.07, 6.45) is 2.91. The molecular weight excluding hydrogens is 274 g/mol. The molecule has 4 nitrogen and oxygen atoms in total. The molecule has 1 heterocycles. The molecule has 0 amide bonds. The number of nitrogens with zero attached hydrogens (tertiary/aromatic N) is 1. The summed E-state index contributed by atoms with van der Waals surface area (Å²) in [7, 11) is 0. The van der Waals surface area contributed by atoms with Gasteiger partial charge in [0, 0.05) is 22.5 Å². The van der Waals surface area contributed by atoms with E-state index in [-0.39, 0.29) is 5.56 Å². The Morgan fingerprint density at radius 2 is 2.15 bits per heavy atom. The molecule has 0 atom stereocenters. The van der Waals surface area contributed by atoms with E-state index in [0.717, 1.165) is 36.2 Å². The molecule has 0 saturated carbocycles. The molecule has 0 aliphatic carbocycles. The Hall–Kier alpha value is -1.81. The molecular formula is C15H18ClN3O. The number of benzene rings is 1. The zero-order chi connectivity index (χ0) is 14.5. The van der Waals surface area contributed by atoms with Gasteiger partial charge in [0.1, 0.15) is 0 Å². The van der Waals surface area contributed by atoms with E-state index in [1.54, 1.807) is 12.1 Å². The maximum Gasteiger partial charge on any atom is 0.252 e. The van der Waals surface area contributed by atoms with Gasteiger partial charge in [-0.25, -0.2) is 4.98 Å². The Labute approximate surface area is 123 Å². The van der Waals surface area contributed by atoms with Crippen molar-refractivity contribution in [3.63, 3.8) is 0 Å². The van der Waals surface area contributed by atoms with Crippen LogP contribution in [-0.4, -0.2) is 9.97 Å². The zero-order valence-corrected chi connectivity index (χ0v) is 12.4. The maximum absolute atomic E-state index is 11.6. The number of rotatable bonds is 5. The third-order valence-corrected chi connectivity index (χ3v) is 3.26. The molecule has 0 aliphatic rings. The number of aryl methyl sites for hydroxylation is 2. The maximum atomic E-state index is 11.6. The van der Waals surface area contributed by atoms with Gasteiger partial charge in [0.15, 0.2) is 0 Å². The van der Waals surface area contributed by atoms with Gasteiger partial charge in [-0.05, 0) is 43.5 Å². The largest absolute Gasteiger partial charge is 0.325 e. The molecule has 2 N–H and O–H groups in total. The molecule has 5 heteroatoms. The molecule has 1 aromatic heterocycles. The lowest BCUT2D eigenvalue weighted by Crippen LogP contribution is -2.12. The second kappa shape index (κ2) is 6.57. The summed E-state index contributed by atoms with van der Waals surface area (Å²) in [5.41, 5.74) is 2.55. The molecule has 2 aromatic rings. The van der Waals surface area contributed by atoms with Crippen LogP contribution in [0.3, 0.4) is 0 Å². The molecule has 0 fully saturated rings. The third kappa shape index (κ3) is 3.84. The number of nitrogens with one attached hydrogen (secondary N) is 2. The summed E-state index contributed by atoms with van der Waals surface area (Å²) in [4.78, 5) is 18.8. The summed E-state index contributed by atoms with van der Waals surface area (Å²) in [5.74, 6) is 0.467. The van der Waals surface area contributed by atoms with Gasteiger partial charge in [-0.15, -0.1) is 0 Å². The highest BCUT2D eigenvalue weighted by molar-refractivity contribution is 6.30. The Kier molecular flexibility index (Phi) is 4.79. The summed E-state index contributed by atoms with van der Waals surface area (Å²) in [5, 5.41) is 3.82. The average molecular weight is 292 g/mol. The summed E-state index contributed by atoms with van der Waals surface area (Å²) in [6.45, 7) is 4.07. The number of aromatic amines is 1. The van der Waals surface area contributed by atoms with Crippen LogP contribution in [0.15, 0.2) is 29.1 Å². The van der Waals surface area contributed by atoms with Crippen LogP contribution in [0, 0.1) is 6.92 Å². The van der Waals surface area contributed by atoms with Crippen molar-refractivity contribution in [2.75, 3.05) is 5.32 Å². The lowest BCUT2D eigenvalue weighted by Gasteiger charge is -2.09. The van der Waals surface area contributed by atoms with Gasteiger partial charge in [-0.3, -0.25) is 9.78 Å². The molecule has 0 bridgehead atoms. The van der Waals surface area contributed by atoms with Crippen molar-refractivity contribution in [3.05, 3.63) is 50.9 Å². The second-order valence-electron chi connectivity index (χ2n) is 4.77. The predicted molar refractivity (Wildman–Crippen MR) is 82.9 cm³/mol. The number of unbranched alkanes of at least 4 members (excludes halogenated alkanes) is 1. The van der Waals surface area contributed by atoms with E-state index >= 15 is 0 Å². The Balaban J connectivity index is 2.24. The molecule has 1 aromatic carbocycles. The first-order chi connectivity index (χ1) is 9.58.